The summed E-state index contributed by atoms with van der Waals surface area (Å²) in [6.07, 6.45) is 8.90. The maximum Gasteiger partial charge on any atom is 0.160 e. The van der Waals surface area contributed by atoms with Crippen LogP contribution in [0, 0.1) is 5.92 Å². The Labute approximate surface area is 413 Å². The first kappa shape index (κ1) is 43.0. The van der Waals surface area contributed by atoms with E-state index in [4.69, 9.17) is 29.9 Å². The first-order valence-electron chi connectivity index (χ1n) is 24.1. The van der Waals surface area contributed by atoms with E-state index in [1.54, 1.807) is 0 Å². The van der Waals surface area contributed by atoms with Crippen LogP contribution in [-0.4, -0.2) is 29.9 Å². The van der Waals surface area contributed by atoms with E-state index in [0.29, 0.717) is 23.4 Å². The Morgan fingerprint density at radius 1 is 0.310 bits per heavy atom. The van der Waals surface area contributed by atoms with E-state index in [9.17, 15) is 0 Å². The molecule has 1 aliphatic carbocycles. The molecule has 2 atom stereocenters. The maximum absolute atomic E-state index is 5.51. The Morgan fingerprint density at radius 2 is 0.676 bits per heavy atom. The van der Waals surface area contributed by atoms with Crippen LogP contribution in [0.4, 0.5) is 0 Å². The Hall–Kier alpha value is -9.26. The molecule has 8 aromatic carbocycles. The average Bonchev–Trinajstić information content (AvgIpc) is 3.45. The van der Waals surface area contributed by atoms with Gasteiger partial charge in [0.1, 0.15) is 0 Å². The third kappa shape index (κ3) is 8.87. The molecule has 6 heteroatoms. The molecule has 0 amide bonds. The van der Waals surface area contributed by atoms with Gasteiger partial charge in [0.15, 0.2) is 17.5 Å². The van der Waals surface area contributed by atoms with Crippen molar-refractivity contribution in [1.82, 2.24) is 29.9 Å². The number of benzene rings is 8. The second-order valence-electron chi connectivity index (χ2n) is 17.9. The minimum atomic E-state index is 0.191. The normalized spacial score (nSPS) is 14.2. The van der Waals surface area contributed by atoms with Gasteiger partial charge >= 0.3 is 0 Å². The largest absolute Gasteiger partial charge is 0.228 e. The lowest BCUT2D eigenvalue weighted by Gasteiger charge is -2.23. The topological polar surface area (TPSA) is 77.3 Å². The Bertz CT molecular complexity index is 3610. The molecule has 71 heavy (non-hydrogen) atoms. The predicted molar refractivity (Wildman–Crippen MR) is 290 cm³/mol. The zero-order chi connectivity index (χ0) is 47.5. The lowest BCUT2D eigenvalue weighted by atomic mass is 9.82. The molecule has 0 N–H and O–H groups in total. The summed E-state index contributed by atoms with van der Waals surface area (Å²) in [6.45, 7) is 2.28. The number of hydrogen-bond acceptors (Lipinski definition) is 6. The molecule has 1 aliphatic rings. The fourth-order valence-corrected chi connectivity index (χ4v) is 9.49. The first-order valence-corrected chi connectivity index (χ1v) is 24.1. The predicted octanol–water partition coefficient (Wildman–Crippen LogP) is 16.1. The highest BCUT2D eigenvalue weighted by Gasteiger charge is 2.23. The number of rotatable bonds is 10. The highest BCUT2D eigenvalue weighted by atomic mass is 14.9. The summed E-state index contributed by atoms with van der Waals surface area (Å²) in [6, 6.07) is 77.4. The van der Waals surface area contributed by atoms with Crippen LogP contribution in [0.3, 0.4) is 0 Å². The van der Waals surface area contributed by atoms with E-state index in [0.717, 1.165) is 95.0 Å². The monoisotopic (exact) mass is 910 g/mol. The van der Waals surface area contributed by atoms with Crippen molar-refractivity contribution >= 4 is 10.9 Å². The molecule has 0 spiro atoms. The third-order valence-electron chi connectivity index (χ3n) is 13.3. The van der Waals surface area contributed by atoms with Gasteiger partial charge in [0, 0.05) is 61.4 Å². The molecular formula is C65H46N6. The number of allylic oxidation sites excluding steroid dienone is 4. The molecule has 11 aromatic rings. The highest BCUT2D eigenvalue weighted by Crippen LogP contribution is 2.41. The second-order valence-corrected chi connectivity index (χ2v) is 17.9. The van der Waals surface area contributed by atoms with Gasteiger partial charge in [-0.3, -0.25) is 0 Å². The van der Waals surface area contributed by atoms with Crippen LogP contribution in [-0.2, 0) is 0 Å². The van der Waals surface area contributed by atoms with Crippen LogP contribution < -0.4 is 0 Å². The van der Waals surface area contributed by atoms with Crippen molar-refractivity contribution in [3.8, 4) is 102 Å². The molecule has 2 unspecified atom stereocenters. The summed E-state index contributed by atoms with van der Waals surface area (Å²) in [5.74, 6) is 2.50. The number of fused-ring (bicyclic) bond motifs is 1. The first-order chi connectivity index (χ1) is 35.1. The van der Waals surface area contributed by atoms with Crippen LogP contribution in [0.2, 0.25) is 0 Å². The van der Waals surface area contributed by atoms with Gasteiger partial charge in [-0.1, -0.05) is 231 Å². The van der Waals surface area contributed by atoms with Gasteiger partial charge in [0.25, 0.3) is 0 Å². The fourth-order valence-electron chi connectivity index (χ4n) is 9.49. The lowest BCUT2D eigenvalue weighted by molar-refractivity contribution is 0.636. The quantitative estimate of drug-likeness (QED) is 0.136. The SMILES string of the molecule is CC1C=CC=CC1c1cc(-c2ccccc2)c2nc(-c3ccc(-c4cc(-c5ccccc5)nc(-c5ccccc5)n4)cc3)nc(-c3ccc(-c4cc(-c5ccccc5)nc(-c5ccccc5)n4)cc3)c2c1. The Morgan fingerprint density at radius 3 is 1.14 bits per heavy atom. The van der Waals surface area contributed by atoms with Crippen LogP contribution in [0.1, 0.15) is 18.4 Å². The van der Waals surface area contributed by atoms with Crippen molar-refractivity contribution in [2.75, 3.05) is 0 Å². The van der Waals surface area contributed by atoms with Crippen LogP contribution in [0.5, 0.6) is 0 Å². The molecule has 3 heterocycles. The van der Waals surface area contributed by atoms with E-state index >= 15 is 0 Å². The van der Waals surface area contributed by atoms with Crippen LogP contribution in [0.25, 0.3) is 112 Å². The number of aromatic nitrogens is 6. The third-order valence-corrected chi connectivity index (χ3v) is 13.3. The molecule has 0 aliphatic heterocycles. The Balaban J connectivity index is 1.01. The summed E-state index contributed by atoms with van der Waals surface area (Å²) >= 11 is 0. The molecule has 3 aromatic heterocycles. The summed E-state index contributed by atoms with van der Waals surface area (Å²) in [5, 5.41) is 0.993. The fraction of sp³-hybridized carbons (Fsp3) is 0.0462. The van der Waals surface area contributed by atoms with Gasteiger partial charge < -0.3 is 0 Å². The molecule has 0 fully saturated rings. The lowest BCUT2D eigenvalue weighted by Crippen LogP contribution is -2.08. The van der Waals surface area contributed by atoms with Gasteiger partial charge in [-0.2, -0.15) is 0 Å². The van der Waals surface area contributed by atoms with E-state index in [1.807, 2.05) is 72.8 Å². The van der Waals surface area contributed by atoms with Gasteiger partial charge in [0.2, 0.25) is 0 Å². The number of hydrogen-bond donors (Lipinski definition) is 0. The summed E-state index contributed by atoms with van der Waals surface area (Å²) < 4.78 is 0. The molecule has 12 rings (SSSR count). The standard InChI is InChI=1S/C65H46N6/c1-43-19-17-18-30-54(43)53-39-55(44-20-7-2-8-21-44)62-56(40-53)61(49-35-31-47(32-36-49)59-41-57(45-22-9-3-10-23-45)66-63(68-59)50-26-13-5-14-27-50)70-65(71-62)52-37-33-48(34-38-52)60-42-58(46-24-11-4-12-25-46)67-64(69-60)51-28-15-6-16-29-51/h2-43,54H,1H3. The summed E-state index contributed by atoms with van der Waals surface area (Å²) in [4.78, 5) is 31.3. The average molecular weight is 911 g/mol. The van der Waals surface area contributed by atoms with E-state index in [1.165, 1.54) is 5.56 Å². The molecule has 0 saturated carbocycles. The van der Waals surface area contributed by atoms with Gasteiger partial charge in [-0.05, 0) is 41.3 Å². The molecule has 0 saturated heterocycles. The van der Waals surface area contributed by atoms with E-state index in [-0.39, 0.29) is 5.92 Å². The van der Waals surface area contributed by atoms with Crippen LogP contribution in [0.15, 0.2) is 249 Å². The Kier molecular flexibility index (Phi) is 11.5. The highest BCUT2D eigenvalue weighted by molar-refractivity contribution is 6.02. The molecule has 0 radical (unpaired) electrons. The van der Waals surface area contributed by atoms with Crippen molar-refractivity contribution in [1.29, 1.82) is 0 Å². The van der Waals surface area contributed by atoms with Crippen LogP contribution >= 0.6 is 0 Å². The second kappa shape index (κ2) is 19.0. The zero-order valence-corrected chi connectivity index (χ0v) is 39.0. The minimum absolute atomic E-state index is 0.191. The van der Waals surface area contributed by atoms with Gasteiger partial charge in [0.05, 0.1) is 34.0 Å². The van der Waals surface area contributed by atoms with Crippen molar-refractivity contribution in [3.05, 3.63) is 254 Å². The molecule has 336 valence electrons. The summed E-state index contributed by atoms with van der Waals surface area (Å²) in [5.41, 5.74) is 16.4. The molecule has 0 bridgehead atoms. The summed E-state index contributed by atoms with van der Waals surface area (Å²) in [7, 11) is 0. The zero-order valence-electron chi connectivity index (χ0n) is 39.0. The van der Waals surface area contributed by atoms with E-state index < -0.39 is 0 Å². The molecular weight excluding hydrogens is 865 g/mol. The minimum Gasteiger partial charge on any atom is -0.228 e. The number of nitrogens with zero attached hydrogens (tertiary/aromatic N) is 6. The van der Waals surface area contributed by atoms with E-state index in [2.05, 4.69) is 183 Å². The van der Waals surface area contributed by atoms with Crippen molar-refractivity contribution in [2.24, 2.45) is 5.92 Å². The maximum atomic E-state index is 5.51. The van der Waals surface area contributed by atoms with Crippen molar-refractivity contribution < 1.29 is 0 Å². The van der Waals surface area contributed by atoms with Gasteiger partial charge in [-0.15, -0.1) is 0 Å². The smallest absolute Gasteiger partial charge is 0.160 e. The molecule has 6 nitrogen and oxygen atoms in total. The van der Waals surface area contributed by atoms with Gasteiger partial charge in [-0.25, -0.2) is 29.9 Å². The van der Waals surface area contributed by atoms with Crippen molar-refractivity contribution in [3.63, 3.8) is 0 Å². The van der Waals surface area contributed by atoms with Crippen molar-refractivity contribution in [2.45, 2.75) is 12.8 Å².